The average Bonchev–Trinajstić information content (AvgIpc) is 2.08. The molecule has 0 aromatic carbocycles. The Morgan fingerprint density at radius 3 is 2.64 bits per heavy atom. The fourth-order valence-corrected chi connectivity index (χ4v) is 1.73. The molecule has 2 N–H and O–H groups in total. The molecule has 0 heterocycles. The maximum Gasteiger partial charge on any atom is 0.404 e. The third-order valence-corrected chi connectivity index (χ3v) is 2.30. The maximum absolute atomic E-state index is 10.3. The molecule has 1 rings (SSSR count). The fourth-order valence-electron chi connectivity index (χ4n) is 1.73. The van der Waals surface area contributed by atoms with Crippen molar-refractivity contribution in [3.8, 4) is 0 Å². The third-order valence-electron chi connectivity index (χ3n) is 2.30. The van der Waals surface area contributed by atoms with Crippen molar-refractivity contribution in [1.29, 1.82) is 0 Å². The molecule has 1 fully saturated rings. The predicted molar refractivity (Wildman–Crippen MR) is 42.6 cm³/mol. The second-order valence-electron chi connectivity index (χ2n) is 4.05. The Kier molecular flexibility index (Phi) is 2.07. The van der Waals surface area contributed by atoms with Crippen molar-refractivity contribution in [3.05, 3.63) is 0 Å². The van der Waals surface area contributed by atoms with E-state index in [1.807, 2.05) is 0 Å². The van der Waals surface area contributed by atoms with E-state index in [0.717, 1.165) is 19.3 Å². The van der Waals surface area contributed by atoms with Crippen LogP contribution in [0.25, 0.3) is 0 Å². The van der Waals surface area contributed by atoms with Crippen molar-refractivity contribution < 1.29 is 9.90 Å². The summed E-state index contributed by atoms with van der Waals surface area (Å²) in [4.78, 5) is 10.3. The minimum absolute atomic E-state index is 0.183. The van der Waals surface area contributed by atoms with Crippen LogP contribution in [0.5, 0.6) is 0 Å². The molecule has 0 aromatic heterocycles. The highest BCUT2D eigenvalue weighted by molar-refractivity contribution is 5.64. The second kappa shape index (κ2) is 2.72. The number of carboxylic acid groups (broad SMARTS) is 1. The van der Waals surface area contributed by atoms with Crippen LogP contribution in [-0.4, -0.2) is 17.2 Å². The monoisotopic (exact) mass is 157 g/mol. The molecule has 1 aliphatic carbocycles. The molecule has 0 bridgehead atoms. The molecule has 1 unspecified atom stereocenters. The van der Waals surface area contributed by atoms with Crippen molar-refractivity contribution in [2.24, 2.45) is 5.41 Å². The maximum atomic E-state index is 10.3. The van der Waals surface area contributed by atoms with Crippen LogP contribution in [0.15, 0.2) is 0 Å². The van der Waals surface area contributed by atoms with Crippen LogP contribution < -0.4 is 5.32 Å². The van der Waals surface area contributed by atoms with Crippen LogP contribution in [0.4, 0.5) is 4.79 Å². The van der Waals surface area contributed by atoms with Gasteiger partial charge in [0.1, 0.15) is 0 Å². The summed E-state index contributed by atoms with van der Waals surface area (Å²) in [5, 5.41) is 10.9. The van der Waals surface area contributed by atoms with Gasteiger partial charge in [0.25, 0.3) is 0 Å². The highest BCUT2D eigenvalue weighted by atomic mass is 16.4. The van der Waals surface area contributed by atoms with Crippen LogP contribution in [0.3, 0.4) is 0 Å². The van der Waals surface area contributed by atoms with Crippen LogP contribution >= 0.6 is 0 Å². The van der Waals surface area contributed by atoms with E-state index >= 15 is 0 Å². The zero-order valence-electron chi connectivity index (χ0n) is 7.05. The Morgan fingerprint density at radius 1 is 1.64 bits per heavy atom. The summed E-state index contributed by atoms with van der Waals surface area (Å²) in [5.74, 6) is 0. The lowest BCUT2D eigenvalue weighted by atomic mass is 9.92. The average molecular weight is 157 g/mol. The summed E-state index contributed by atoms with van der Waals surface area (Å²) in [6.07, 6.45) is 2.18. The SMILES string of the molecule is CC1(C)CCC(NC(=O)O)C1. The fraction of sp³-hybridized carbons (Fsp3) is 0.875. The van der Waals surface area contributed by atoms with Crippen LogP contribution in [0, 0.1) is 5.41 Å². The molecule has 1 atom stereocenters. The van der Waals surface area contributed by atoms with E-state index in [9.17, 15) is 4.79 Å². The lowest BCUT2D eigenvalue weighted by Crippen LogP contribution is -2.31. The van der Waals surface area contributed by atoms with Gasteiger partial charge in [-0.2, -0.15) is 0 Å². The van der Waals surface area contributed by atoms with Gasteiger partial charge in [-0.3, -0.25) is 0 Å². The molecular weight excluding hydrogens is 142 g/mol. The third kappa shape index (κ3) is 2.41. The van der Waals surface area contributed by atoms with Gasteiger partial charge in [0.2, 0.25) is 0 Å². The Hall–Kier alpha value is -0.730. The van der Waals surface area contributed by atoms with Crippen LogP contribution in [0.1, 0.15) is 33.1 Å². The summed E-state index contributed by atoms with van der Waals surface area (Å²) in [6.45, 7) is 4.35. The summed E-state index contributed by atoms with van der Waals surface area (Å²) < 4.78 is 0. The number of hydrogen-bond acceptors (Lipinski definition) is 1. The van der Waals surface area contributed by atoms with Crippen molar-refractivity contribution in [2.45, 2.75) is 39.2 Å². The van der Waals surface area contributed by atoms with Gasteiger partial charge in [0, 0.05) is 6.04 Å². The quantitative estimate of drug-likeness (QED) is 0.610. The molecule has 1 aliphatic rings. The van der Waals surface area contributed by atoms with Crippen molar-refractivity contribution in [2.75, 3.05) is 0 Å². The molecule has 0 radical (unpaired) electrons. The lowest BCUT2D eigenvalue weighted by Gasteiger charge is -2.16. The van der Waals surface area contributed by atoms with Gasteiger partial charge in [0.15, 0.2) is 0 Å². The predicted octanol–water partition coefficient (Wildman–Crippen LogP) is 1.83. The smallest absolute Gasteiger partial charge is 0.404 e. The standard InChI is InChI=1S/C8H15NO2/c1-8(2)4-3-6(5-8)9-7(10)11/h6,9H,3-5H2,1-2H3,(H,10,11). The van der Waals surface area contributed by atoms with Gasteiger partial charge in [-0.15, -0.1) is 0 Å². The number of rotatable bonds is 1. The highest BCUT2D eigenvalue weighted by Gasteiger charge is 2.31. The molecule has 64 valence electrons. The molecule has 11 heavy (non-hydrogen) atoms. The van der Waals surface area contributed by atoms with E-state index in [2.05, 4.69) is 19.2 Å². The molecule has 1 saturated carbocycles. The first-order valence-electron chi connectivity index (χ1n) is 3.99. The number of carbonyl (C=O) groups is 1. The molecule has 3 nitrogen and oxygen atoms in total. The Balaban J connectivity index is 2.36. The summed E-state index contributed by atoms with van der Waals surface area (Å²) in [7, 11) is 0. The Labute approximate surface area is 66.8 Å². The summed E-state index contributed by atoms with van der Waals surface area (Å²) in [5.41, 5.74) is 0.327. The Bertz CT molecular complexity index is 165. The molecular formula is C8H15NO2. The molecule has 3 heteroatoms. The topological polar surface area (TPSA) is 49.3 Å². The zero-order valence-corrected chi connectivity index (χ0v) is 7.05. The van der Waals surface area contributed by atoms with E-state index in [4.69, 9.17) is 5.11 Å². The van der Waals surface area contributed by atoms with Crippen molar-refractivity contribution in [3.63, 3.8) is 0 Å². The minimum atomic E-state index is -0.896. The highest BCUT2D eigenvalue weighted by Crippen LogP contribution is 2.36. The van der Waals surface area contributed by atoms with Gasteiger partial charge in [-0.25, -0.2) is 4.79 Å². The van der Waals surface area contributed by atoms with E-state index in [1.165, 1.54) is 0 Å². The normalized spacial score (nSPS) is 28.4. The first-order valence-corrected chi connectivity index (χ1v) is 3.99. The first kappa shape index (κ1) is 8.37. The van der Waals surface area contributed by atoms with Crippen molar-refractivity contribution in [1.82, 2.24) is 5.32 Å². The van der Waals surface area contributed by atoms with Gasteiger partial charge in [-0.1, -0.05) is 13.8 Å². The molecule has 0 saturated heterocycles. The van der Waals surface area contributed by atoms with E-state index < -0.39 is 6.09 Å². The van der Waals surface area contributed by atoms with Gasteiger partial charge < -0.3 is 10.4 Å². The van der Waals surface area contributed by atoms with Crippen LogP contribution in [0.2, 0.25) is 0 Å². The van der Waals surface area contributed by atoms with Crippen LogP contribution in [-0.2, 0) is 0 Å². The van der Waals surface area contributed by atoms with E-state index in [0.29, 0.717) is 5.41 Å². The minimum Gasteiger partial charge on any atom is -0.465 e. The number of amides is 1. The molecule has 0 spiro atoms. The largest absolute Gasteiger partial charge is 0.465 e. The van der Waals surface area contributed by atoms with Gasteiger partial charge in [0.05, 0.1) is 0 Å². The molecule has 1 amide bonds. The lowest BCUT2D eigenvalue weighted by molar-refractivity contribution is 0.189. The summed E-state index contributed by atoms with van der Waals surface area (Å²) >= 11 is 0. The Morgan fingerprint density at radius 2 is 2.27 bits per heavy atom. The first-order chi connectivity index (χ1) is 4.99. The van der Waals surface area contributed by atoms with E-state index in [-0.39, 0.29) is 6.04 Å². The molecule has 0 aromatic rings. The number of hydrogen-bond donors (Lipinski definition) is 2. The zero-order chi connectivity index (χ0) is 8.48. The van der Waals surface area contributed by atoms with Crippen molar-refractivity contribution >= 4 is 6.09 Å². The van der Waals surface area contributed by atoms with Gasteiger partial charge >= 0.3 is 6.09 Å². The number of nitrogens with one attached hydrogen (secondary N) is 1. The summed E-state index contributed by atoms with van der Waals surface area (Å²) in [6, 6.07) is 0.183. The van der Waals surface area contributed by atoms with E-state index in [1.54, 1.807) is 0 Å². The van der Waals surface area contributed by atoms with Gasteiger partial charge in [-0.05, 0) is 24.7 Å². The second-order valence-corrected chi connectivity index (χ2v) is 4.05. The molecule has 0 aliphatic heterocycles.